The summed E-state index contributed by atoms with van der Waals surface area (Å²) in [6.07, 6.45) is 0. The molecule has 18 heavy (non-hydrogen) atoms. The van der Waals surface area contributed by atoms with E-state index in [2.05, 4.69) is 21.2 Å². The Kier molecular flexibility index (Phi) is 3.90. The molecule has 2 aromatic carbocycles. The number of hydrogen-bond donors (Lipinski definition) is 1. The van der Waals surface area contributed by atoms with Gasteiger partial charge in [-0.1, -0.05) is 33.6 Å². The Morgan fingerprint density at radius 3 is 2.44 bits per heavy atom. The van der Waals surface area contributed by atoms with E-state index in [1.807, 2.05) is 37.3 Å². The molecule has 0 radical (unpaired) electrons. The topological polar surface area (TPSA) is 35.8 Å². The van der Waals surface area contributed by atoms with Gasteiger partial charge in [-0.15, -0.1) is 0 Å². The van der Waals surface area contributed by atoms with Crippen LogP contribution in [0, 0.1) is 18.3 Å². The van der Waals surface area contributed by atoms with Gasteiger partial charge in [0.1, 0.15) is 6.07 Å². The summed E-state index contributed by atoms with van der Waals surface area (Å²) in [4.78, 5) is 0. The predicted octanol–water partition coefficient (Wildman–Crippen LogP) is 5.03. The van der Waals surface area contributed by atoms with Gasteiger partial charge in [0, 0.05) is 15.8 Å². The lowest BCUT2D eigenvalue weighted by Crippen LogP contribution is -1.91. The standard InChI is InChI=1S/C14H10BrClN2/c1-9-2-4-11(6-13(9)15)18-12-5-3-10(8-17)14(16)7-12/h2-7,18H,1H3. The van der Waals surface area contributed by atoms with Gasteiger partial charge in [-0.25, -0.2) is 0 Å². The number of nitrogens with one attached hydrogen (secondary N) is 1. The number of halogens is 2. The van der Waals surface area contributed by atoms with Crippen molar-refractivity contribution in [1.82, 2.24) is 0 Å². The summed E-state index contributed by atoms with van der Waals surface area (Å²) >= 11 is 9.47. The maximum Gasteiger partial charge on any atom is 0.101 e. The molecule has 0 aliphatic heterocycles. The second-order valence-electron chi connectivity index (χ2n) is 3.90. The van der Waals surface area contributed by atoms with Gasteiger partial charge in [0.05, 0.1) is 10.6 Å². The molecule has 4 heteroatoms. The highest BCUT2D eigenvalue weighted by Gasteiger charge is 2.02. The summed E-state index contributed by atoms with van der Waals surface area (Å²) in [5, 5.41) is 12.5. The van der Waals surface area contributed by atoms with E-state index in [9.17, 15) is 0 Å². The summed E-state index contributed by atoms with van der Waals surface area (Å²) in [5.74, 6) is 0. The van der Waals surface area contributed by atoms with E-state index in [0.717, 1.165) is 15.8 Å². The van der Waals surface area contributed by atoms with Crippen LogP contribution in [-0.4, -0.2) is 0 Å². The normalized spacial score (nSPS) is 9.89. The minimum atomic E-state index is 0.452. The highest BCUT2D eigenvalue weighted by Crippen LogP contribution is 2.26. The molecule has 0 heterocycles. The van der Waals surface area contributed by atoms with E-state index >= 15 is 0 Å². The van der Waals surface area contributed by atoms with E-state index in [0.29, 0.717) is 10.6 Å². The van der Waals surface area contributed by atoms with E-state index < -0.39 is 0 Å². The molecular formula is C14H10BrClN2. The summed E-state index contributed by atoms with van der Waals surface area (Å²) in [7, 11) is 0. The monoisotopic (exact) mass is 320 g/mol. The number of rotatable bonds is 2. The average Bonchev–Trinajstić information content (AvgIpc) is 2.34. The molecule has 2 nitrogen and oxygen atoms in total. The molecule has 2 aromatic rings. The smallest absolute Gasteiger partial charge is 0.101 e. The maximum atomic E-state index is 8.80. The first-order valence-corrected chi connectivity index (χ1v) is 6.50. The second kappa shape index (κ2) is 5.43. The van der Waals surface area contributed by atoms with E-state index in [4.69, 9.17) is 16.9 Å². The van der Waals surface area contributed by atoms with E-state index in [-0.39, 0.29) is 0 Å². The Hall–Kier alpha value is -1.50. The fraction of sp³-hybridized carbons (Fsp3) is 0.0714. The molecule has 0 saturated heterocycles. The van der Waals surface area contributed by atoms with Crippen molar-refractivity contribution in [2.75, 3.05) is 5.32 Å². The van der Waals surface area contributed by atoms with Crippen LogP contribution in [0.3, 0.4) is 0 Å². The minimum absolute atomic E-state index is 0.452. The molecule has 1 N–H and O–H groups in total. The molecule has 0 aliphatic carbocycles. The number of benzene rings is 2. The van der Waals surface area contributed by atoms with Crippen molar-refractivity contribution in [3.63, 3.8) is 0 Å². The molecule has 0 spiro atoms. The molecule has 90 valence electrons. The Morgan fingerprint density at radius 1 is 1.17 bits per heavy atom. The van der Waals surface area contributed by atoms with Crippen molar-refractivity contribution < 1.29 is 0 Å². The van der Waals surface area contributed by atoms with Crippen molar-refractivity contribution in [2.45, 2.75) is 6.92 Å². The lowest BCUT2D eigenvalue weighted by molar-refractivity contribution is 1.41. The highest BCUT2D eigenvalue weighted by atomic mass is 79.9. The lowest BCUT2D eigenvalue weighted by Gasteiger charge is -2.08. The van der Waals surface area contributed by atoms with Gasteiger partial charge >= 0.3 is 0 Å². The third-order valence-electron chi connectivity index (χ3n) is 2.55. The Bertz CT molecular complexity index is 632. The molecule has 0 atom stereocenters. The Labute approximate surface area is 119 Å². The lowest BCUT2D eigenvalue weighted by atomic mass is 10.2. The van der Waals surface area contributed by atoms with Crippen LogP contribution in [0.2, 0.25) is 5.02 Å². The van der Waals surface area contributed by atoms with Crippen LogP contribution in [0.1, 0.15) is 11.1 Å². The van der Waals surface area contributed by atoms with Crippen LogP contribution in [-0.2, 0) is 0 Å². The number of anilines is 2. The van der Waals surface area contributed by atoms with Crippen LogP contribution >= 0.6 is 27.5 Å². The Balaban J connectivity index is 2.26. The second-order valence-corrected chi connectivity index (χ2v) is 5.16. The number of aryl methyl sites for hydroxylation is 1. The molecule has 0 aliphatic rings. The SMILES string of the molecule is Cc1ccc(Nc2ccc(C#N)c(Cl)c2)cc1Br. The largest absolute Gasteiger partial charge is 0.355 e. The third kappa shape index (κ3) is 2.84. The maximum absolute atomic E-state index is 8.80. The zero-order chi connectivity index (χ0) is 13.1. The molecule has 0 aromatic heterocycles. The van der Waals surface area contributed by atoms with Crippen molar-refractivity contribution >= 4 is 38.9 Å². The quantitative estimate of drug-likeness (QED) is 0.842. The minimum Gasteiger partial charge on any atom is -0.355 e. The zero-order valence-electron chi connectivity index (χ0n) is 9.67. The first kappa shape index (κ1) is 12.9. The molecule has 0 unspecified atom stereocenters. The number of nitrogens with zero attached hydrogens (tertiary/aromatic N) is 1. The summed E-state index contributed by atoms with van der Waals surface area (Å²) < 4.78 is 1.05. The fourth-order valence-corrected chi connectivity index (χ4v) is 2.12. The third-order valence-corrected chi connectivity index (χ3v) is 3.72. The van der Waals surface area contributed by atoms with Crippen LogP contribution in [0.5, 0.6) is 0 Å². The number of nitriles is 1. The van der Waals surface area contributed by atoms with Gasteiger partial charge in [0.15, 0.2) is 0 Å². The molecule has 0 fully saturated rings. The first-order valence-electron chi connectivity index (χ1n) is 5.33. The summed E-state index contributed by atoms with van der Waals surface area (Å²) in [6, 6.07) is 13.3. The van der Waals surface area contributed by atoms with Crippen molar-refractivity contribution in [3.05, 3.63) is 57.0 Å². The van der Waals surface area contributed by atoms with Gasteiger partial charge in [-0.05, 0) is 42.8 Å². The number of hydrogen-bond acceptors (Lipinski definition) is 2. The van der Waals surface area contributed by atoms with Crippen molar-refractivity contribution in [3.8, 4) is 6.07 Å². The van der Waals surface area contributed by atoms with Gasteiger partial charge in [-0.2, -0.15) is 5.26 Å². The molecule has 0 amide bonds. The van der Waals surface area contributed by atoms with Crippen LogP contribution in [0.4, 0.5) is 11.4 Å². The van der Waals surface area contributed by atoms with Crippen LogP contribution < -0.4 is 5.32 Å². The van der Waals surface area contributed by atoms with Gasteiger partial charge in [-0.3, -0.25) is 0 Å². The van der Waals surface area contributed by atoms with E-state index in [1.165, 1.54) is 5.56 Å². The molecule has 0 bridgehead atoms. The van der Waals surface area contributed by atoms with Gasteiger partial charge in [0.25, 0.3) is 0 Å². The van der Waals surface area contributed by atoms with Crippen molar-refractivity contribution in [1.29, 1.82) is 5.26 Å². The van der Waals surface area contributed by atoms with E-state index in [1.54, 1.807) is 12.1 Å². The predicted molar refractivity (Wildman–Crippen MR) is 78.3 cm³/mol. The average molecular weight is 322 g/mol. The summed E-state index contributed by atoms with van der Waals surface area (Å²) in [6.45, 7) is 2.03. The zero-order valence-corrected chi connectivity index (χ0v) is 12.0. The highest BCUT2D eigenvalue weighted by molar-refractivity contribution is 9.10. The molecule has 2 rings (SSSR count). The van der Waals surface area contributed by atoms with Crippen molar-refractivity contribution in [2.24, 2.45) is 0 Å². The van der Waals surface area contributed by atoms with Crippen LogP contribution in [0.15, 0.2) is 40.9 Å². The Morgan fingerprint density at radius 2 is 1.83 bits per heavy atom. The fourth-order valence-electron chi connectivity index (χ4n) is 1.52. The van der Waals surface area contributed by atoms with Gasteiger partial charge < -0.3 is 5.32 Å². The molecular weight excluding hydrogens is 312 g/mol. The van der Waals surface area contributed by atoms with Gasteiger partial charge in [0.2, 0.25) is 0 Å². The van der Waals surface area contributed by atoms with Crippen LogP contribution in [0.25, 0.3) is 0 Å². The first-order chi connectivity index (χ1) is 8.60. The molecule has 0 saturated carbocycles. The summed E-state index contributed by atoms with van der Waals surface area (Å²) in [5.41, 5.74) is 3.48.